The van der Waals surface area contributed by atoms with E-state index in [1.165, 1.54) is 0 Å². The highest BCUT2D eigenvalue weighted by Gasteiger charge is 2.57. The molecule has 210 valence electrons. The van der Waals surface area contributed by atoms with Crippen LogP contribution in [0.3, 0.4) is 0 Å². The fourth-order valence-corrected chi connectivity index (χ4v) is 3.04. The van der Waals surface area contributed by atoms with Gasteiger partial charge in [-0.05, 0) is 19.3 Å². The van der Waals surface area contributed by atoms with Gasteiger partial charge >= 0.3 is 46.9 Å². The molecular formula is C12H21F9O10S3. The minimum Gasteiger partial charge on any atom is -0.396 e. The molecule has 0 aliphatic rings. The van der Waals surface area contributed by atoms with Crippen LogP contribution >= 0.6 is 0 Å². The Bertz CT molecular complexity index is 815. The van der Waals surface area contributed by atoms with Gasteiger partial charge < -0.3 is 10.2 Å². The zero-order valence-electron chi connectivity index (χ0n) is 16.9. The minimum absolute atomic E-state index is 0.195. The largest absolute Gasteiger partial charge is 0.524 e. The molecule has 34 heavy (non-hydrogen) atoms. The lowest BCUT2D eigenvalue weighted by molar-refractivity contribution is -0.0586. The maximum atomic E-state index is 11.6. The number of alkyl halides is 9. The second-order valence-corrected chi connectivity index (χ2v) is 10.3. The van der Waals surface area contributed by atoms with Crippen LogP contribution in [0, 0.1) is 0 Å². The molecule has 0 fully saturated rings. The molecule has 0 spiro atoms. The van der Waals surface area contributed by atoms with Gasteiger partial charge in [0.15, 0.2) is 0 Å². The molecule has 0 saturated carbocycles. The Labute approximate surface area is 189 Å². The van der Waals surface area contributed by atoms with Crippen molar-refractivity contribution in [2.75, 3.05) is 19.8 Å². The van der Waals surface area contributed by atoms with E-state index in [9.17, 15) is 64.8 Å². The molecule has 0 aromatic rings. The lowest BCUT2D eigenvalue weighted by Crippen LogP contribution is -2.34. The summed E-state index contributed by atoms with van der Waals surface area (Å²) in [5.41, 5.74) is -17.8. The molecule has 0 aromatic heterocycles. The number of aliphatic hydroxyl groups excluding tert-OH is 2. The van der Waals surface area contributed by atoms with Gasteiger partial charge in [-0.25, -0.2) is 0 Å². The Kier molecular flexibility index (Phi) is 16.8. The van der Waals surface area contributed by atoms with Gasteiger partial charge in [0.05, 0.1) is 6.61 Å². The molecule has 0 saturated heterocycles. The zero-order chi connectivity index (χ0) is 28.1. The van der Waals surface area contributed by atoms with Crippen molar-refractivity contribution in [1.82, 2.24) is 0 Å². The molecular weight excluding hydrogens is 571 g/mol. The van der Waals surface area contributed by atoms with Gasteiger partial charge in [0.1, 0.15) is 0 Å². The summed E-state index contributed by atoms with van der Waals surface area (Å²) >= 11 is 0. The third-order valence-electron chi connectivity index (χ3n) is 2.58. The smallest absolute Gasteiger partial charge is 0.396 e. The SMILES string of the molecule is CCCCCOS(=O)(=O)C(F)(F)F.O=S(=O)(OS(=O)(=O)C(F)(F)F)C(F)(F)F.OCCCCO. The van der Waals surface area contributed by atoms with Crippen molar-refractivity contribution in [3.05, 3.63) is 0 Å². The Balaban J connectivity index is -0.000000461. The van der Waals surface area contributed by atoms with Crippen LogP contribution in [0.1, 0.15) is 39.0 Å². The number of hydrogen-bond acceptors (Lipinski definition) is 10. The first-order valence-corrected chi connectivity index (χ1v) is 12.7. The summed E-state index contributed by atoms with van der Waals surface area (Å²) in [6, 6.07) is 0. The molecule has 0 amide bonds. The predicted molar refractivity (Wildman–Crippen MR) is 94.9 cm³/mol. The van der Waals surface area contributed by atoms with Crippen LogP contribution in [-0.2, 0) is 38.2 Å². The number of aliphatic hydroxyl groups is 2. The highest BCUT2D eigenvalue weighted by Crippen LogP contribution is 2.32. The summed E-state index contributed by atoms with van der Waals surface area (Å²) in [6.07, 6.45) is 3.18. The molecule has 0 unspecified atom stereocenters. The third-order valence-corrected chi connectivity index (χ3v) is 6.19. The van der Waals surface area contributed by atoms with Crippen LogP contribution in [-0.4, -0.2) is 71.8 Å². The number of halogens is 9. The van der Waals surface area contributed by atoms with Crippen molar-refractivity contribution in [2.45, 2.75) is 55.6 Å². The normalized spacial score (nSPS) is 13.4. The monoisotopic (exact) mass is 592 g/mol. The van der Waals surface area contributed by atoms with Crippen LogP contribution in [0.5, 0.6) is 0 Å². The van der Waals surface area contributed by atoms with Crippen LogP contribution in [0.25, 0.3) is 0 Å². The second-order valence-electron chi connectivity index (χ2n) is 5.45. The topological polar surface area (TPSA) is 161 Å². The van der Waals surface area contributed by atoms with Crippen LogP contribution in [0.4, 0.5) is 39.5 Å². The van der Waals surface area contributed by atoms with Gasteiger partial charge in [-0.1, -0.05) is 19.8 Å². The van der Waals surface area contributed by atoms with Gasteiger partial charge in [-0.2, -0.15) is 64.8 Å². The van der Waals surface area contributed by atoms with Crippen molar-refractivity contribution in [1.29, 1.82) is 0 Å². The van der Waals surface area contributed by atoms with E-state index in [0.717, 1.165) is 19.3 Å². The van der Waals surface area contributed by atoms with E-state index in [1.54, 1.807) is 0 Å². The van der Waals surface area contributed by atoms with E-state index in [2.05, 4.69) is 4.18 Å². The van der Waals surface area contributed by atoms with Gasteiger partial charge in [0, 0.05) is 13.2 Å². The lowest BCUT2D eigenvalue weighted by atomic mass is 10.3. The molecule has 2 N–H and O–H groups in total. The highest BCUT2D eigenvalue weighted by molar-refractivity contribution is 8.00. The fraction of sp³-hybridized carbons (Fsp3) is 1.00. The van der Waals surface area contributed by atoms with Crippen LogP contribution < -0.4 is 0 Å². The molecule has 0 heterocycles. The van der Waals surface area contributed by atoms with Crippen LogP contribution in [0.15, 0.2) is 0 Å². The van der Waals surface area contributed by atoms with E-state index in [4.69, 9.17) is 10.2 Å². The summed E-state index contributed by atoms with van der Waals surface area (Å²) < 4.78 is 169. The van der Waals surface area contributed by atoms with Gasteiger partial charge in [-0.15, -0.1) is 3.63 Å². The summed E-state index contributed by atoms with van der Waals surface area (Å²) in [5, 5.41) is 16.2. The van der Waals surface area contributed by atoms with Crippen molar-refractivity contribution in [3.8, 4) is 0 Å². The van der Waals surface area contributed by atoms with E-state index >= 15 is 0 Å². The summed E-state index contributed by atoms with van der Waals surface area (Å²) in [5.74, 6) is 0. The first kappa shape index (κ1) is 37.6. The molecule has 0 aliphatic heterocycles. The average molecular weight is 592 g/mol. The molecule has 0 aliphatic carbocycles. The molecule has 22 heteroatoms. The molecule has 10 nitrogen and oxygen atoms in total. The van der Waals surface area contributed by atoms with E-state index < -0.39 is 53.5 Å². The number of unbranched alkanes of at least 4 members (excludes halogenated alkanes) is 3. The van der Waals surface area contributed by atoms with E-state index in [0.29, 0.717) is 12.8 Å². The van der Waals surface area contributed by atoms with Gasteiger partial charge in [0.2, 0.25) is 0 Å². The Morgan fingerprint density at radius 1 is 0.588 bits per heavy atom. The summed E-state index contributed by atoms with van der Waals surface area (Å²) in [6.45, 7) is 1.83. The van der Waals surface area contributed by atoms with Crippen LogP contribution in [0.2, 0.25) is 0 Å². The van der Waals surface area contributed by atoms with Crippen molar-refractivity contribution in [3.63, 3.8) is 0 Å². The molecule has 0 rings (SSSR count). The maximum absolute atomic E-state index is 11.6. The Morgan fingerprint density at radius 3 is 1.15 bits per heavy atom. The lowest BCUT2D eigenvalue weighted by Gasteiger charge is -2.09. The van der Waals surface area contributed by atoms with E-state index in [1.807, 2.05) is 10.6 Å². The zero-order valence-corrected chi connectivity index (χ0v) is 19.4. The third kappa shape index (κ3) is 15.9. The first-order valence-electron chi connectivity index (χ1n) is 8.44. The highest BCUT2D eigenvalue weighted by atomic mass is 32.3. The standard InChI is InChI=1S/C6H11F3O3S.C4H10O2.C2F6O5S2/c1-2-3-4-5-12-13(10,11)6(7,8)9;5-3-1-2-4-6;3-1(4,5)14(9,10)13-15(11,12)2(6,7)8/h2-5H2,1H3;5-6H,1-4H2;. The Morgan fingerprint density at radius 2 is 0.912 bits per heavy atom. The fourth-order valence-electron chi connectivity index (χ4n) is 1.01. The Hall–Kier alpha value is -0.940. The molecule has 0 bridgehead atoms. The van der Waals surface area contributed by atoms with Crippen molar-refractivity contribution < 1.29 is 82.8 Å². The van der Waals surface area contributed by atoms with Crippen molar-refractivity contribution in [2.24, 2.45) is 0 Å². The predicted octanol–water partition coefficient (Wildman–Crippen LogP) is 2.50. The molecule has 0 radical (unpaired) electrons. The van der Waals surface area contributed by atoms with Crippen molar-refractivity contribution >= 4 is 30.4 Å². The van der Waals surface area contributed by atoms with Gasteiger partial charge in [-0.3, -0.25) is 4.18 Å². The molecule has 0 aromatic carbocycles. The maximum Gasteiger partial charge on any atom is 0.524 e. The first-order chi connectivity index (χ1) is 14.9. The number of rotatable bonds is 10. The minimum atomic E-state index is -6.85. The summed E-state index contributed by atoms with van der Waals surface area (Å²) in [7, 11) is -19.1. The quantitative estimate of drug-likeness (QED) is 0.167. The van der Waals surface area contributed by atoms with E-state index in [-0.39, 0.29) is 13.2 Å². The molecule has 0 atom stereocenters. The number of hydrogen-bond donors (Lipinski definition) is 2. The average Bonchev–Trinajstić information content (AvgIpc) is 2.61. The second kappa shape index (κ2) is 15.2. The summed E-state index contributed by atoms with van der Waals surface area (Å²) in [4.78, 5) is 0. The van der Waals surface area contributed by atoms with Gasteiger partial charge in [0.25, 0.3) is 0 Å².